The number of hydrogen-bond acceptors (Lipinski definition) is 7. The van der Waals surface area contributed by atoms with Crippen molar-refractivity contribution in [2.45, 2.75) is 24.2 Å². The summed E-state index contributed by atoms with van der Waals surface area (Å²) in [6, 6.07) is 15.6. The van der Waals surface area contributed by atoms with Crippen molar-refractivity contribution in [1.29, 1.82) is 0 Å². The Bertz CT molecular complexity index is 1290. The molecule has 0 atom stereocenters. The van der Waals surface area contributed by atoms with Gasteiger partial charge in [-0.25, -0.2) is 8.42 Å². The Morgan fingerprint density at radius 3 is 2.58 bits per heavy atom. The van der Waals surface area contributed by atoms with Gasteiger partial charge in [0.1, 0.15) is 0 Å². The molecule has 3 aromatic rings. The van der Waals surface area contributed by atoms with Crippen LogP contribution in [0.5, 0.6) is 0 Å². The molecule has 0 amide bonds. The number of rotatable bonds is 5. The second kappa shape index (κ2) is 8.92. The Kier molecular flexibility index (Phi) is 5.82. The smallest absolute Gasteiger partial charge is 0.261 e. The second-order valence-corrected chi connectivity index (χ2v) is 9.84. The van der Waals surface area contributed by atoms with Crippen molar-refractivity contribution < 1.29 is 17.9 Å². The number of morpholine rings is 1. The molecule has 0 unspecified atom stereocenters. The summed E-state index contributed by atoms with van der Waals surface area (Å²) < 4.78 is 34.0. The fraction of sp³-hybridized carbons (Fsp3) is 0.292. The lowest BCUT2D eigenvalue weighted by Gasteiger charge is -2.27. The van der Waals surface area contributed by atoms with Crippen LogP contribution in [0.25, 0.3) is 11.3 Å². The molecule has 1 aliphatic heterocycles. The van der Waals surface area contributed by atoms with Gasteiger partial charge in [0.2, 0.25) is 0 Å². The molecule has 0 spiro atoms. The minimum atomic E-state index is -3.85. The molecule has 2 heterocycles. The fourth-order valence-corrected chi connectivity index (χ4v) is 5.25. The van der Waals surface area contributed by atoms with Gasteiger partial charge in [0.05, 0.1) is 23.8 Å². The van der Waals surface area contributed by atoms with Crippen molar-refractivity contribution in [1.82, 2.24) is 10.2 Å². The molecular formula is C24H24N4O4S. The summed E-state index contributed by atoms with van der Waals surface area (Å²) in [5.41, 5.74) is 3.22. The van der Waals surface area contributed by atoms with Crippen LogP contribution in [0.3, 0.4) is 0 Å². The molecule has 1 aromatic heterocycles. The zero-order valence-corrected chi connectivity index (χ0v) is 18.8. The number of benzene rings is 2. The van der Waals surface area contributed by atoms with Gasteiger partial charge in [-0.3, -0.25) is 9.52 Å². The van der Waals surface area contributed by atoms with Crippen LogP contribution in [-0.4, -0.2) is 50.7 Å². The molecule has 170 valence electrons. The lowest BCUT2D eigenvalue weighted by Crippen LogP contribution is -2.36. The highest BCUT2D eigenvalue weighted by Gasteiger charge is 2.22. The number of aryl methyl sites for hydroxylation is 1. The number of carbonyl (C=O) groups excluding carboxylic acids is 1. The van der Waals surface area contributed by atoms with Gasteiger partial charge in [-0.05, 0) is 54.8 Å². The van der Waals surface area contributed by atoms with Gasteiger partial charge in [0.25, 0.3) is 10.0 Å². The number of sulfonamides is 1. The molecule has 8 nitrogen and oxygen atoms in total. The van der Waals surface area contributed by atoms with Gasteiger partial charge < -0.3 is 9.64 Å². The Labute approximate surface area is 192 Å². The van der Waals surface area contributed by atoms with Crippen molar-refractivity contribution in [3.63, 3.8) is 0 Å². The molecule has 0 radical (unpaired) electrons. The maximum absolute atomic E-state index is 13.0. The van der Waals surface area contributed by atoms with E-state index in [1.807, 2.05) is 18.2 Å². The number of hydrogen-bond donors (Lipinski definition) is 1. The van der Waals surface area contributed by atoms with Gasteiger partial charge >= 0.3 is 0 Å². The third-order valence-corrected chi connectivity index (χ3v) is 7.32. The van der Waals surface area contributed by atoms with Crippen molar-refractivity contribution in [3.8, 4) is 11.3 Å². The van der Waals surface area contributed by atoms with E-state index < -0.39 is 10.0 Å². The zero-order chi connectivity index (χ0) is 22.8. The minimum absolute atomic E-state index is 0.00519. The first kappa shape index (κ1) is 21.5. The van der Waals surface area contributed by atoms with E-state index in [4.69, 9.17) is 4.74 Å². The van der Waals surface area contributed by atoms with Crippen LogP contribution in [-0.2, 0) is 21.2 Å². The quantitative estimate of drug-likeness (QED) is 0.618. The van der Waals surface area contributed by atoms with E-state index in [-0.39, 0.29) is 10.7 Å². The maximum Gasteiger partial charge on any atom is 0.261 e. The summed E-state index contributed by atoms with van der Waals surface area (Å²) in [5.74, 6) is 0.787. The van der Waals surface area contributed by atoms with E-state index >= 15 is 0 Å². The van der Waals surface area contributed by atoms with Crippen LogP contribution in [0, 0.1) is 0 Å². The molecule has 1 N–H and O–H groups in total. The standard InChI is InChI=1S/C24H24N4O4S/c29-23-6-2-3-17-7-8-20(16-21(17)23)33(30,31)27-19-5-1-4-18(15-19)22-9-10-24(26-25-22)28-11-13-32-14-12-28/h1,4-5,7-10,15-16,27H,2-3,6,11-14H2. The van der Waals surface area contributed by atoms with E-state index in [1.165, 1.54) is 6.07 Å². The van der Waals surface area contributed by atoms with Gasteiger partial charge in [0, 0.05) is 36.3 Å². The number of nitrogens with zero attached hydrogens (tertiary/aromatic N) is 3. The van der Waals surface area contributed by atoms with E-state index in [1.54, 1.807) is 30.3 Å². The number of carbonyl (C=O) groups is 1. The van der Waals surface area contributed by atoms with Gasteiger partial charge in [-0.1, -0.05) is 18.2 Å². The SMILES string of the molecule is O=C1CCCc2ccc(S(=O)(=O)Nc3cccc(-c4ccc(N5CCOCC5)nn4)c3)cc21. The van der Waals surface area contributed by atoms with Crippen LogP contribution in [0.2, 0.25) is 0 Å². The highest BCUT2D eigenvalue weighted by atomic mass is 32.2. The largest absolute Gasteiger partial charge is 0.378 e. The molecule has 0 bridgehead atoms. The minimum Gasteiger partial charge on any atom is -0.378 e. The molecule has 1 aliphatic carbocycles. The molecule has 2 aromatic carbocycles. The maximum atomic E-state index is 13.0. The molecule has 1 saturated heterocycles. The molecule has 5 rings (SSSR count). The average molecular weight is 465 g/mol. The van der Waals surface area contributed by atoms with Crippen LogP contribution < -0.4 is 9.62 Å². The lowest BCUT2D eigenvalue weighted by atomic mass is 9.91. The van der Waals surface area contributed by atoms with Crippen LogP contribution >= 0.6 is 0 Å². The Hall–Kier alpha value is -3.30. The summed E-state index contributed by atoms with van der Waals surface area (Å²) in [4.78, 5) is 14.4. The summed E-state index contributed by atoms with van der Waals surface area (Å²) >= 11 is 0. The molecular weight excluding hydrogens is 440 g/mol. The van der Waals surface area contributed by atoms with Gasteiger partial charge in [0.15, 0.2) is 11.6 Å². The molecule has 2 aliphatic rings. The number of ketones is 1. The monoisotopic (exact) mass is 464 g/mol. The van der Waals surface area contributed by atoms with Crippen LogP contribution in [0.15, 0.2) is 59.5 Å². The van der Waals surface area contributed by atoms with Crippen molar-refractivity contribution >= 4 is 27.3 Å². The number of Topliss-reactive ketones (excluding diaryl/α,β-unsaturated/α-hetero) is 1. The average Bonchev–Trinajstić information content (AvgIpc) is 2.85. The second-order valence-electron chi connectivity index (χ2n) is 8.16. The van der Waals surface area contributed by atoms with E-state index in [2.05, 4.69) is 19.8 Å². The summed E-state index contributed by atoms with van der Waals surface area (Å²) in [6.07, 6.45) is 2.05. The van der Waals surface area contributed by atoms with Gasteiger partial charge in [-0.15, -0.1) is 10.2 Å². The number of anilines is 2. The van der Waals surface area contributed by atoms with E-state index in [0.717, 1.165) is 42.9 Å². The van der Waals surface area contributed by atoms with Crippen LogP contribution in [0.4, 0.5) is 11.5 Å². The lowest BCUT2D eigenvalue weighted by molar-refractivity contribution is 0.0972. The first-order valence-corrected chi connectivity index (χ1v) is 12.4. The first-order chi connectivity index (χ1) is 16.0. The third kappa shape index (κ3) is 4.60. The number of nitrogens with one attached hydrogen (secondary N) is 1. The number of aromatic nitrogens is 2. The number of ether oxygens (including phenoxy) is 1. The predicted molar refractivity (Wildman–Crippen MR) is 125 cm³/mol. The molecule has 9 heteroatoms. The molecule has 0 saturated carbocycles. The Balaban J connectivity index is 1.36. The van der Waals surface area contributed by atoms with E-state index in [9.17, 15) is 13.2 Å². The Morgan fingerprint density at radius 2 is 1.79 bits per heavy atom. The third-order valence-electron chi connectivity index (χ3n) is 5.94. The normalized spacial score (nSPS) is 16.4. The summed E-state index contributed by atoms with van der Waals surface area (Å²) in [5, 5.41) is 8.66. The molecule has 33 heavy (non-hydrogen) atoms. The van der Waals surface area contributed by atoms with Gasteiger partial charge in [-0.2, -0.15) is 0 Å². The topological polar surface area (TPSA) is 101 Å². The van der Waals surface area contributed by atoms with Crippen molar-refractivity contribution in [2.75, 3.05) is 35.9 Å². The highest BCUT2D eigenvalue weighted by molar-refractivity contribution is 7.92. The summed E-state index contributed by atoms with van der Waals surface area (Å²) in [7, 11) is -3.85. The first-order valence-electron chi connectivity index (χ1n) is 11.0. The van der Waals surface area contributed by atoms with Crippen molar-refractivity contribution in [2.24, 2.45) is 0 Å². The fourth-order valence-electron chi connectivity index (χ4n) is 4.17. The van der Waals surface area contributed by atoms with Crippen LogP contribution in [0.1, 0.15) is 28.8 Å². The zero-order valence-electron chi connectivity index (χ0n) is 18.0. The number of fused-ring (bicyclic) bond motifs is 1. The Morgan fingerprint density at radius 1 is 0.939 bits per heavy atom. The summed E-state index contributed by atoms with van der Waals surface area (Å²) in [6.45, 7) is 2.90. The van der Waals surface area contributed by atoms with Crippen molar-refractivity contribution in [3.05, 3.63) is 65.7 Å². The highest BCUT2D eigenvalue weighted by Crippen LogP contribution is 2.27. The predicted octanol–water partition coefficient (Wildman–Crippen LogP) is 3.30. The molecule has 1 fully saturated rings. The van der Waals surface area contributed by atoms with E-state index in [0.29, 0.717) is 36.6 Å².